The van der Waals surface area contributed by atoms with E-state index in [-0.39, 0.29) is 5.84 Å². The normalized spacial score (nSPS) is 24.3. The van der Waals surface area contributed by atoms with Gasteiger partial charge in [0.2, 0.25) is 0 Å². The molecule has 0 atom stereocenters. The molecule has 1 aliphatic carbocycles. The lowest BCUT2D eigenvalue weighted by Crippen LogP contribution is -2.23. The molecule has 3 N–H and O–H groups in total. The zero-order valence-corrected chi connectivity index (χ0v) is 10.3. The molecule has 2 rings (SSSR count). The molecule has 0 aromatic heterocycles. The standard InChI is InChI=1S/C14H20N2O/c1-10-2-6-12(7-3-10)17-13-8-4-11(5-9-13)14(15)16/h4-5,8-10,12H,2-3,6-7H2,1H3,(H3,15,16). The highest BCUT2D eigenvalue weighted by Crippen LogP contribution is 2.27. The Morgan fingerprint density at radius 2 is 1.76 bits per heavy atom. The maximum absolute atomic E-state index is 7.32. The van der Waals surface area contributed by atoms with Crippen LogP contribution < -0.4 is 10.5 Å². The third-order valence-electron chi connectivity index (χ3n) is 3.43. The SMILES string of the molecule is CC1CCC(Oc2ccc(C(=N)N)cc2)CC1. The van der Waals surface area contributed by atoms with Crippen molar-refractivity contribution in [3.63, 3.8) is 0 Å². The van der Waals surface area contributed by atoms with E-state index in [2.05, 4.69) is 6.92 Å². The number of amidine groups is 1. The molecule has 1 aromatic carbocycles. The molecule has 0 amide bonds. The molecule has 0 saturated heterocycles. The summed E-state index contributed by atoms with van der Waals surface area (Å²) in [5.41, 5.74) is 6.15. The minimum absolute atomic E-state index is 0.100. The predicted molar refractivity (Wildman–Crippen MR) is 69.5 cm³/mol. The average molecular weight is 232 g/mol. The van der Waals surface area contributed by atoms with Crippen LogP contribution in [-0.4, -0.2) is 11.9 Å². The molecule has 0 bridgehead atoms. The summed E-state index contributed by atoms with van der Waals surface area (Å²) < 4.78 is 5.93. The van der Waals surface area contributed by atoms with Gasteiger partial charge in [0.25, 0.3) is 0 Å². The van der Waals surface area contributed by atoms with Crippen molar-refractivity contribution in [2.45, 2.75) is 38.7 Å². The Bertz CT molecular complexity index is 378. The smallest absolute Gasteiger partial charge is 0.122 e. The molecular weight excluding hydrogens is 212 g/mol. The van der Waals surface area contributed by atoms with Crippen molar-refractivity contribution < 1.29 is 4.74 Å². The summed E-state index contributed by atoms with van der Waals surface area (Å²) in [7, 11) is 0. The fraction of sp³-hybridized carbons (Fsp3) is 0.500. The molecule has 3 heteroatoms. The van der Waals surface area contributed by atoms with Crippen molar-refractivity contribution in [3.8, 4) is 5.75 Å². The minimum Gasteiger partial charge on any atom is -0.490 e. The highest BCUT2D eigenvalue weighted by Gasteiger charge is 2.19. The number of nitrogens with two attached hydrogens (primary N) is 1. The first kappa shape index (κ1) is 12.0. The van der Waals surface area contributed by atoms with Gasteiger partial charge in [0.05, 0.1) is 6.10 Å². The summed E-state index contributed by atoms with van der Waals surface area (Å²) in [6.07, 6.45) is 5.17. The van der Waals surface area contributed by atoms with E-state index < -0.39 is 0 Å². The largest absolute Gasteiger partial charge is 0.490 e. The van der Waals surface area contributed by atoms with Crippen LogP contribution in [0.5, 0.6) is 5.75 Å². The second-order valence-corrected chi connectivity index (χ2v) is 4.94. The maximum Gasteiger partial charge on any atom is 0.122 e. The average Bonchev–Trinajstić information content (AvgIpc) is 2.33. The fourth-order valence-corrected chi connectivity index (χ4v) is 2.25. The van der Waals surface area contributed by atoms with Crippen molar-refractivity contribution >= 4 is 5.84 Å². The van der Waals surface area contributed by atoms with Crippen LogP contribution in [0.2, 0.25) is 0 Å². The van der Waals surface area contributed by atoms with E-state index in [0.29, 0.717) is 6.10 Å². The monoisotopic (exact) mass is 232 g/mol. The summed E-state index contributed by atoms with van der Waals surface area (Å²) in [4.78, 5) is 0. The molecular formula is C14H20N2O. The van der Waals surface area contributed by atoms with Gasteiger partial charge in [0, 0.05) is 5.56 Å². The van der Waals surface area contributed by atoms with Crippen LogP contribution in [0.3, 0.4) is 0 Å². The Kier molecular flexibility index (Phi) is 3.67. The number of nitrogen functional groups attached to an aromatic ring is 1. The third kappa shape index (κ3) is 3.22. The first-order valence-corrected chi connectivity index (χ1v) is 6.26. The van der Waals surface area contributed by atoms with E-state index >= 15 is 0 Å². The second-order valence-electron chi connectivity index (χ2n) is 4.94. The van der Waals surface area contributed by atoms with Crippen LogP contribution in [0.15, 0.2) is 24.3 Å². The van der Waals surface area contributed by atoms with Crippen molar-refractivity contribution in [1.29, 1.82) is 5.41 Å². The Balaban J connectivity index is 1.92. The zero-order chi connectivity index (χ0) is 12.3. The Hall–Kier alpha value is -1.51. The topological polar surface area (TPSA) is 59.1 Å². The molecule has 0 aliphatic heterocycles. The molecule has 1 fully saturated rings. The highest BCUT2D eigenvalue weighted by atomic mass is 16.5. The Morgan fingerprint density at radius 1 is 1.18 bits per heavy atom. The number of rotatable bonds is 3. The van der Waals surface area contributed by atoms with Crippen molar-refractivity contribution in [1.82, 2.24) is 0 Å². The summed E-state index contributed by atoms with van der Waals surface area (Å²) in [5.74, 6) is 1.83. The first-order chi connectivity index (χ1) is 8.15. The molecule has 1 aromatic rings. The third-order valence-corrected chi connectivity index (χ3v) is 3.43. The number of hydrogen-bond donors (Lipinski definition) is 2. The van der Waals surface area contributed by atoms with Gasteiger partial charge in [0.1, 0.15) is 11.6 Å². The second kappa shape index (κ2) is 5.21. The van der Waals surface area contributed by atoms with Gasteiger partial charge in [-0.3, -0.25) is 5.41 Å². The van der Waals surface area contributed by atoms with Gasteiger partial charge in [-0.25, -0.2) is 0 Å². The van der Waals surface area contributed by atoms with Crippen LogP contribution in [-0.2, 0) is 0 Å². The van der Waals surface area contributed by atoms with E-state index in [4.69, 9.17) is 15.9 Å². The minimum atomic E-state index is 0.100. The van der Waals surface area contributed by atoms with E-state index in [0.717, 1.165) is 30.1 Å². The van der Waals surface area contributed by atoms with Crippen molar-refractivity contribution in [3.05, 3.63) is 29.8 Å². The molecule has 0 heterocycles. The van der Waals surface area contributed by atoms with Crippen molar-refractivity contribution in [2.75, 3.05) is 0 Å². The summed E-state index contributed by atoms with van der Waals surface area (Å²) in [5, 5.41) is 7.32. The first-order valence-electron chi connectivity index (χ1n) is 6.26. The summed E-state index contributed by atoms with van der Waals surface area (Å²) >= 11 is 0. The molecule has 1 aliphatic rings. The van der Waals surface area contributed by atoms with E-state index in [1.54, 1.807) is 0 Å². The van der Waals surface area contributed by atoms with Crippen LogP contribution in [0.1, 0.15) is 38.2 Å². The number of hydrogen-bond acceptors (Lipinski definition) is 2. The molecule has 3 nitrogen and oxygen atoms in total. The van der Waals surface area contributed by atoms with E-state index in [1.807, 2.05) is 24.3 Å². The van der Waals surface area contributed by atoms with Gasteiger partial charge in [0.15, 0.2) is 0 Å². The molecule has 17 heavy (non-hydrogen) atoms. The van der Waals surface area contributed by atoms with Crippen molar-refractivity contribution in [2.24, 2.45) is 11.7 Å². The summed E-state index contributed by atoms with van der Waals surface area (Å²) in [6.45, 7) is 2.30. The lowest BCUT2D eigenvalue weighted by atomic mass is 9.89. The quantitative estimate of drug-likeness (QED) is 0.622. The van der Waals surface area contributed by atoms with E-state index in [1.165, 1.54) is 12.8 Å². The van der Waals surface area contributed by atoms with Crippen LogP contribution >= 0.6 is 0 Å². The van der Waals surface area contributed by atoms with Gasteiger partial charge < -0.3 is 10.5 Å². The molecule has 0 radical (unpaired) electrons. The molecule has 1 saturated carbocycles. The number of ether oxygens (including phenoxy) is 1. The Morgan fingerprint density at radius 3 is 2.29 bits per heavy atom. The van der Waals surface area contributed by atoms with Gasteiger partial charge in [-0.15, -0.1) is 0 Å². The molecule has 92 valence electrons. The summed E-state index contributed by atoms with van der Waals surface area (Å²) in [6, 6.07) is 7.47. The number of benzene rings is 1. The molecule has 0 spiro atoms. The highest BCUT2D eigenvalue weighted by molar-refractivity contribution is 5.94. The van der Waals surface area contributed by atoms with Gasteiger partial charge in [-0.05, 0) is 55.9 Å². The maximum atomic E-state index is 7.32. The lowest BCUT2D eigenvalue weighted by molar-refractivity contribution is 0.135. The van der Waals surface area contributed by atoms with Crippen LogP contribution in [0.4, 0.5) is 0 Å². The predicted octanol–water partition coefficient (Wildman–Crippen LogP) is 2.93. The fourth-order valence-electron chi connectivity index (χ4n) is 2.25. The van der Waals surface area contributed by atoms with Gasteiger partial charge >= 0.3 is 0 Å². The molecule has 0 unspecified atom stereocenters. The Labute approximate surface area is 102 Å². The van der Waals surface area contributed by atoms with Gasteiger partial charge in [-0.1, -0.05) is 6.92 Å². The lowest BCUT2D eigenvalue weighted by Gasteiger charge is -2.26. The van der Waals surface area contributed by atoms with Crippen LogP contribution in [0.25, 0.3) is 0 Å². The zero-order valence-electron chi connectivity index (χ0n) is 10.3. The van der Waals surface area contributed by atoms with Gasteiger partial charge in [-0.2, -0.15) is 0 Å². The number of nitrogens with one attached hydrogen (secondary N) is 1. The van der Waals surface area contributed by atoms with Crippen LogP contribution in [0, 0.1) is 11.3 Å². The van der Waals surface area contributed by atoms with E-state index in [9.17, 15) is 0 Å².